The van der Waals surface area contributed by atoms with Crippen molar-refractivity contribution in [2.45, 2.75) is 13.5 Å². The summed E-state index contributed by atoms with van der Waals surface area (Å²) in [6.07, 6.45) is 1.37. The number of nitrogens with zero attached hydrogens (tertiary/aromatic N) is 5. The van der Waals surface area contributed by atoms with E-state index in [9.17, 15) is 9.18 Å². The highest BCUT2D eigenvalue weighted by Crippen LogP contribution is 2.25. The molecule has 0 saturated carbocycles. The van der Waals surface area contributed by atoms with Crippen molar-refractivity contribution in [1.82, 2.24) is 24.3 Å². The number of aromatic nitrogens is 5. The number of fused-ring (bicyclic) bond motifs is 2. The van der Waals surface area contributed by atoms with Crippen molar-refractivity contribution < 1.29 is 4.39 Å². The van der Waals surface area contributed by atoms with Crippen LogP contribution in [0.15, 0.2) is 59.7 Å². The van der Waals surface area contributed by atoms with Crippen LogP contribution in [-0.4, -0.2) is 24.3 Å². The van der Waals surface area contributed by atoms with E-state index in [-0.39, 0.29) is 17.8 Å². The van der Waals surface area contributed by atoms with E-state index in [0.717, 1.165) is 10.9 Å². The molecule has 7 nitrogen and oxygen atoms in total. The Morgan fingerprint density at radius 1 is 1.10 bits per heavy atom. The lowest BCUT2D eigenvalue weighted by Gasteiger charge is -2.16. The van der Waals surface area contributed by atoms with Crippen molar-refractivity contribution >= 4 is 50.2 Å². The van der Waals surface area contributed by atoms with Crippen LogP contribution in [0.5, 0.6) is 0 Å². The van der Waals surface area contributed by atoms with Gasteiger partial charge >= 0.3 is 0 Å². The summed E-state index contributed by atoms with van der Waals surface area (Å²) in [7, 11) is 0. The predicted molar refractivity (Wildman–Crippen MR) is 126 cm³/mol. The standard InChI is InChI=1S/C22H16FIN6O/c1-12-5-4-6-13-9-14(10-29-21-18(19(24)28-29)20(25)26-11-27-21)30(22(31)17(12)13)16-8-3-2-7-15(16)23/h2-9,11H,10H2,1H3,(H2,25,26,27). The van der Waals surface area contributed by atoms with Crippen LogP contribution in [0.4, 0.5) is 10.2 Å². The molecule has 0 amide bonds. The van der Waals surface area contributed by atoms with Crippen LogP contribution in [-0.2, 0) is 6.54 Å². The summed E-state index contributed by atoms with van der Waals surface area (Å²) in [4.78, 5) is 21.9. The highest BCUT2D eigenvalue weighted by atomic mass is 127. The van der Waals surface area contributed by atoms with Gasteiger partial charge in [-0.25, -0.2) is 19.0 Å². The first kappa shape index (κ1) is 19.6. The third kappa shape index (κ3) is 3.16. The van der Waals surface area contributed by atoms with E-state index >= 15 is 0 Å². The number of rotatable bonds is 3. The van der Waals surface area contributed by atoms with Crippen molar-refractivity contribution in [3.05, 3.63) is 86.0 Å². The number of hydrogen-bond acceptors (Lipinski definition) is 5. The largest absolute Gasteiger partial charge is 0.383 e. The molecule has 3 aromatic heterocycles. The van der Waals surface area contributed by atoms with Gasteiger partial charge in [0.15, 0.2) is 5.65 Å². The third-order valence-electron chi connectivity index (χ3n) is 5.25. The van der Waals surface area contributed by atoms with Gasteiger partial charge in [0.2, 0.25) is 0 Å². The molecule has 0 aliphatic carbocycles. The van der Waals surface area contributed by atoms with Gasteiger partial charge in [0.1, 0.15) is 21.7 Å². The first-order valence-electron chi connectivity index (χ1n) is 9.47. The molecule has 0 aliphatic rings. The fraction of sp³-hybridized carbons (Fsp3) is 0.0909. The fourth-order valence-electron chi connectivity index (χ4n) is 3.85. The minimum absolute atomic E-state index is 0.188. The van der Waals surface area contributed by atoms with Crippen molar-refractivity contribution in [1.29, 1.82) is 0 Å². The topological polar surface area (TPSA) is 91.6 Å². The zero-order valence-electron chi connectivity index (χ0n) is 16.4. The van der Waals surface area contributed by atoms with E-state index < -0.39 is 5.82 Å². The van der Waals surface area contributed by atoms with E-state index in [4.69, 9.17) is 5.73 Å². The van der Waals surface area contributed by atoms with Gasteiger partial charge in [-0.1, -0.05) is 30.3 Å². The van der Waals surface area contributed by atoms with Crippen molar-refractivity contribution in [3.63, 3.8) is 0 Å². The number of nitrogen functional groups attached to an aromatic ring is 1. The number of para-hydroxylation sites is 1. The van der Waals surface area contributed by atoms with E-state index in [1.807, 2.05) is 31.2 Å². The number of benzene rings is 2. The summed E-state index contributed by atoms with van der Waals surface area (Å²) < 4.78 is 18.5. The average Bonchev–Trinajstić information content (AvgIpc) is 3.05. The van der Waals surface area contributed by atoms with Gasteiger partial charge in [0.05, 0.1) is 23.0 Å². The van der Waals surface area contributed by atoms with Crippen LogP contribution >= 0.6 is 22.6 Å². The van der Waals surface area contributed by atoms with Gasteiger partial charge in [-0.05, 0) is 58.7 Å². The lowest BCUT2D eigenvalue weighted by atomic mass is 10.1. The minimum atomic E-state index is -0.481. The maximum absolute atomic E-state index is 14.8. The van der Waals surface area contributed by atoms with Gasteiger partial charge < -0.3 is 5.73 Å². The predicted octanol–water partition coefficient (Wildman–Crippen LogP) is 3.81. The first-order valence-corrected chi connectivity index (χ1v) is 10.5. The second-order valence-corrected chi connectivity index (χ2v) is 8.19. The molecule has 0 fully saturated rings. The fourth-order valence-corrected chi connectivity index (χ4v) is 4.63. The molecule has 0 radical (unpaired) electrons. The molecule has 0 aliphatic heterocycles. The SMILES string of the molecule is Cc1cccc2cc(Cn3nc(I)c4c(N)ncnc43)n(-c3ccccc3F)c(=O)c12. The molecule has 0 atom stereocenters. The summed E-state index contributed by atoms with van der Waals surface area (Å²) in [5, 5.41) is 6.54. The summed E-state index contributed by atoms with van der Waals surface area (Å²) >= 11 is 2.08. The summed E-state index contributed by atoms with van der Waals surface area (Å²) in [6, 6.07) is 13.8. The van der Waals surface area contributed by atoms with E-state index in [0.29, 0.717) is 31.6 Å². The molecule has 0 bridgehead atoms. The van der Waals surface area contributed by atoms with Gasteiger partial charge in [-0.15, -0.1) is 0 Å². The molecule has 0 saturated heterocycles. The Kier molecular flexibility index (Phi) is 4.69. The Balaban J connectivity index is 1.82. The Morgan fingerprint density at radius 2 is 1.90 bits per heavy atom. The first-order chi connectivity index (χ1) is 15.0. The number of anilines is 1. The monoisotopic (exact) mass is 526 g/mol. The normalized spacial score (nSPS) is 11.5. The quantitative estimate of drug-likeness (QED) is 0.361. The minimum Gasteiger partial charge on any atom is -0.383 e. The molecule has 9 heteroatoms. The Bertz CT molecular complexity index is 1540. The molecule has 5 aromatic rings. The van der Waals surface area contributed by atoms with Crippen LogP contribution in [0.1, 0.15) is 11.3 Å². The Hall–Kier alpha value is -3.34. The number of halogens is 2. The number of hydrogen-bond donors (Lipinski definition) is 1. The molecular weight excluding hydrogens is 510 g/mol. The smallest absolute Gasteiger partial charge is 0.263 e. The van der Waals surface area contributed by atoms with E-state index in [1.165, 1.54) is 17.0 Å². The highest BCUT2D eigenvalue weighted by molar-refractivity contribution is 14.1. The average molecular weight is 526 g/mol. The zero-order chi connectivity index (χ0) is 21.7. The maximum atomic E-state index is 14.8. The van der Waals surface area contributed by atoms with Crippen LogP contribution in [0.2, 0.25) is 0 Å². The molecule has 3 heterocycles. The van der Waals surface area contributed by atoms with Gasteiger partial charge in [0.25, 0.3) is 5.56 Å². The molecular formula is C22H16FIN6O. The summed E-state index contributed by atoms with van der Waals surface area (Å²) in [5.41, 5.74) is 7.87. The molecule has 154 valence electrons. The lowest BCUT2D eigenvalue weighted by Crippen LogP contribution is -2.25. The molecule has 2 N–H and O–H groups in total. The lowest BCUT2D eigenvalue weighted by molar-refractivity contribution is 0.606. The third-order valence-corrected chi connectivity index (χ3v) is 6.01. The Labute approximate surface area is 189 Å². The van der Waals surface area contributed by atoms with Gasteiger partial charge in [0, 0.05) is 5.69 Å². The second kappa shape index (κ2) is 7.41. The zero-order valence-corrected chi connectivity index (χ0v) is 18.5. The van der Waals surface area contributed by atoms with Crippen LogP contribution < -0.4 is 11.3 Å². The number of pyridine rings is 1. The highest BCUT2D eigenvalue weighted by Gasteiger charge is 2.19. The van der Waals surface area contributed by atoms with Gasteiger partial charge in [-0.3, -0.25) is 9.36 Å². The number of nitrogens with two attached hydrogens (primary N) is 1. The Morgan fingerprint density at radius 3 is 2.71 bits per heavy atom. The molecule has 0 unspecified atom stereocenters. The molecule has 31 heavy (non-hydrogen) atoms. The summed E-state index contributed by atoms with van der Waals surface area (Å²) in [5.74, 6) is -0.147. The number of aryl methyl sites for hydroxylation is 1. The van der Waals surface area contributed by atoms with Crippen molar-refractivity contribution in [3.8, 4) is 5.69 Å². The molecule has 2 aromatic carbocycles. The molecule has 0 spiro atoms. The van der Waals surface area contributed by atoms with Crippen LogP contribution in [0.25, 0.3) is 27.5 Å². The van der Waals surface area contributed by atoms with E-state index in [2.05, 4.69) is 37.7 Å². The second-order valence-electron chi connectivity index (χ2n) is 7.17. The van der Waals surface area contributed by atoms with Crippen LogP contribution in [0.3, 0.4) is 0 Å². The van der Waals surface area contributed by atoms with Crippen molar-refractivity contribution in [2.24, 2.45) is 0 Å². The maximum Gasteiger partial charge on any atom is 0.263 e. The summed E-state index contributed by atoms with van der Waals surface area (Å²) in [6.45, 7) is 2.07. The van der Waals surface area contributed by atoms with E-state index in [1.54, 1.807) is 22.9 Å². The van der Waals surface area contributed by atoms with Crippen molar-refractivity contribution in [2.75, 3.05) is 5.73 Å². The molecule has 5 rings (SSSR count). The van der Waals surface area contributed by atoms with Crippen LogP contribution in [0, 0.1) is 16.4 Å². The van der Waals surface area contributed by atoms with Gasteiger partial charge in [-0.2, -0.15) is 5.10 Å².